The van der Waals surface area contributed by atoms with E-state index in [0.29, 0.717) is 18.1 Å². The van der Waals surface area contributed by atoms with Gasteiger partial charge in [-0.15, -0.1) is 0 Å². The molecule has 3 unspecified atom stereocenters. The maximum Gasteiger partial charge on any atom is 0.119 e. The van der Waals surface area contributed by atoms with E-state index in [4.69, 9.17) is 9.47 Å². The van der Waals surface area contributed by atoms with Crippen molar-refractivity contribution in [1.82, 2.24) is 0 Å². The Labute approximate surface area is 117 Å². The molecular formula is C17H26O2. The third-order valence-electron chi connectivity index (χ3n) is 4.28. The zero-order valence-corrected chi connectivity index (χ0v) is 12.4. The van der Waals surface area contributed by atoms with Crippen LogP contribution in [-0.4, -0.2) is 19.3 Å². The van der Waals surface area contributed by atoms with Crippen LogP contribution < -0.4 is 4.74 Å². The molecule has 2 heteroatoms. The normalized spacial score (nSPS) is 25.0. The first-order valence-electron chi connectivity index (χ1n) is 7.52. The van der Waals surface area contributed by atoms with Gasteiger partial charge in [0.2, 0.25) is 0 Å². The minimum absolute atomic E-state index is 0.313. The van der Waals surface area contributed by atoms with E-state index < -0.39 is 0 Å². The standard InChI is InChI=1S/C17H26O2/c1-4-13(2)14-8-10-15(11-9-14)19-17-7-5-6-16(12-17)18-3/h8-11,13,16-17H,4-7,12H2,1-3H3. The van der Waals surface area contributed by atoms with Crippen molar-refractivity contribution < 1.29 is 9.47 Å². The molecule has 0 heterocycles. The van der Waals surface area contributed by atoms with Gasteiger partial charge in [-0.25, -0.2) is 0 Å². The fourth-order valence-electron chi connectivity index (χ4n) is 2.73. The van der Waals surface area contributed by atoms with E-state index >= 15 is 0 Å². The first-order valence-corrected chi connectivity index (χ1v) is 7.52. The van der Waals surface area contributed by atoms with Crippen molar-refractivity contribution in [1.29, 1.82) is 0 Å². The number of hydrogen-bond donors (Lipinski definition) is 0. The van der Waals surface area contributed by atoms with Crippen LogP contribution in [0, 0.1) is 0 Å². The lowest BCUT2D eigenvalue weighted by molar-refractivity contribution is 0.0209. The van der Waals surface area contributed by atoms with Gasteiger partial charge in [-0.2, -0.15) is 0 Å². The average Bonchev–Trinajstić information content (AvgIpc) is 2.47. The Morgan fingerprint density at radius 1 is 1.16 bits per heavy atom. The zero-order chi connectivity index (χ0) is 13.7. The van der Waals surface area contributed by atoms with Crippen LogP contribution in [0.3, 0.4) is 0 Å². The molecule has 2 nitrogen and oxygen atoms in total. The number of methoxy groups -OCH3 is 1. The molecule has 0 spiro atoms. The molecule has 1 aromatic carbocycles. The highest BCUT2D eigenvalue weighted by Crippen LogP contribution is 2.27. The summed E-state index contributed by atoms with van der Waals surface area (Å²) in [6.45, 7) is 4.49. The summed E-state index contributed by atoms with van der Waals surface area (Å²) in [6.07, 6.45) is 6.40. The van der Waals surface area contributed by atoms with Gasteiger partial charge in [-0.05, 0) is 49.3 Å². The van der Waals surface area contributed by atoms with Crippen LogP contribution in [0.25, 0.3) is 0 Å². The molecule has 1 saturated carbocycles. The molecule has 0 bridgehead atoms. The first kappa shape index (κ1) is 14.4. The van der Waals surface area contributed by atoms with Gasteiger partial charge in [0.15, 0.2) is 0 Å². The maximum atomic E-state index is 6.08. The second-order valence-corrected chi connectivity index (χ2v) is 5.64. The van der Waals surface area contributed by atoms with Crippen molar-refractivity contribution in [2.75, 3.05) is 7.11 Å². The second kappa shape index (κ2) is 6.95. The van der Waals surface area contributed by atoms with E-state index in [9.17, 15) is 0 Å². The molecule has 106 valence electrons. The van der Waals surface area contributed by atoms with Gasteiger partial charge in [0.25, 0.3) is 0 Å². The average molecular weight is 262 g/mol. The molecule has 1 aromatic rings. The Balaban J connectivity index is 1.92. The molecule has 0 N–H and O–H groups in total. The van der Waals surface area contributed by atoms with E-state index in [1.807, 2.05) is 0 Å². The lowest BCUT2D eigenvalue weighted by Crippen LogP contribution is -2.29. The third kappa shape index (κ3) is 3.97. The van der Waals surface area contributed by atoms with Crippen molar-refractivity contribution in [3.8, 4) is 5.75 Å². The van der Waals surface area contributed by atoms with Gasteiger partial charge in [-0.3, -0.25) is 0 Å². The number of benzene rings is 1. The minimum atomic E-state index is 0.313. The largest absolute Gasteiger partial charge is 0.490 e. The van der Waals surface area contributed by atoms with Gasteiger partial charge < -0.3 is 9.47 Å². The highest BCUT2D eigenvalue weighted by molar-refractivity contribution is 5.29. The smallest absolute Gasteiger partial charge is 0.119 e. The molecule has 0 amide bonds. The van der Waals surface area contributed by atoms with Gasteiger partial charge in [0, 0.05) is 13.5 Å². The molecule has 2 rings (SSSR count). The van der Waals surface area contributed by atoms with Crippen LogP contribution in [0.1, 0.15) is 57.4 Å². The lowest BCUT2D eigenvalue weighted by Gasteiger charge is -2.28. The molecular weight excluding hydrogens is 236 g/mol. The number of ether oxygens (including phenoxy) is 2. The third-order valence-corrected chi connectivity index (χ3v) is 4.28. The summed E-state index contributed by atoms with van der Waals surface area (Å²) >= 11 is 0. The van der Waals surface area contributed by atoms with E-state index in [0.717, 1.165) is 18.6 Å². The Morgan fingerprint density at radius 3 is 2.47 bits per heavy atom. The Bertz CT molecular complexity index is 371. The first-order chi connectivity index (χ1) is 9.22. The fraction of sp³-hybridized carbons (Fsp3) is 0.647. The van der Waals surface area contributed by atoms with E-state index in [2.05, 4.69) is 38.1 Å². The van der Waals surface area contributed by atoms with E-state index in [1.165, 1.54) is 24.8 Å². The summed E-state index contributed by atoms with van der Waals surface area (Å²) in [6, 6.07) is 8.61. The van der Waals surface area contributed by atoms with Gasteiger partial charge in [0.1, 0.15) is 11.9 Å². The summed E-state index contributed by atoms with van der Waals surface area (Å²) in [5, 5.41) is 0. The molecule has 1 aliphatic carbocycles. The quantitative estimate of drug-likeness (QED) is 0.775. The summed E-state index contributed by atoms with van der Waals surface area (Å²) in [5.41, 5.74) is 1.40. The summed E-state index contributed by atoms with van der Waals surface area (Å²) in [5.74, 6) is 1.62. The van der Waals surface area contributed by atoms with Gasteiger partial charge in [-0.1, -0.05) is 26.0 Å². The maximum absolute atomic E-state index is 6.08. The summed E-state index contributed by atoms with van der Waals surface area (Å²) < 4.78 is 11.5. The van der Waals surface area contributed by atoms with Crippen molar-refractivity contribution in [2.45, 2.75) is 64.1 Å². The van der Waals surface area contributed by atoms with E-state index in [1.54, 1.807) is 7.11 Å². The monoisotopic (exact) mass is 262 g/mol. The molecule has 19 heavy (non-hydrogen) atoms. The SMILES string of the molecule is CCC(C)c1ccc(OC2CCCC(OC)C2)cc1. The Morgan fingerprint density at radius 2 is 1.84 bits per heavy atom. The topological polar surface area (TPSA) is 18.5 Å². The van der Waals surface area contributed by atoms with Gasteiger partial charge >= 0.3 is 0 Å². The van der Waals surface area contributed by atoms with Crippen LogP contribution in [0.2, 0.25) is 0 Å². The highest BCUT2D eigenvalue weighted by atomic mass is 16.5. The van der Waals surface area contributed by atoms with Crippen LogP contribution in [0.15, 0.2) is 24.3 Å². The molecule has 0 saturated heterocycles. The molecule has 0 aliphatic heterocycles. The Hall–Kier alpha value is -1.02. The predicted octanol–water partition coefficient (Wildman–Crippen LogP) is 4.54. The minimum Gasteiger partial charge on any atom is -0.490 e. The molecule has 0 radical (unpaired) electrons. The lowest BCUT2D eigenvalue weighted by atomic mass is 9.95. The molecule has 1 aliphatic rings. The van der Waals surface area contributed by atoms with Crippen molar-refractivity contribution >= 4 is 0 Å². The number of hydrogen-bond acceptors (Lipinski definition) is 2. The van der Waals surface area contributed by atoms with Crippen molar-refractivity contribution in [2.24, 2.45) is 0 Å². The van der Waals surface area contributed by atoms with Crippen LogP contribution in [-0.2, 0) is 4.74 Å². The summed E-state index contributed by atoms with van der Waals surface area (Å²) in [4.78, 5) is 0. The van der Waals surface area contributed by atoms with Crippen molar-refractivity contribution in [3.63, 3.8) is 0 Å². The highest BCUT2D eigenvalue weighted by Gasteiger charge is 2.22. The molecule has 1 fully saturated rings. The second-order valence-electron chi connectivity index (χ2n) is 5.64. The molecule has 3 atom stereocenters. The molecule has 0 aromatic heterocycles. The summed E-state index contributed by atoms with van der Waals surface area (Å²) in [7, 11) is 1.80. The van der Waals surface area contributed by atoms with Gasteiger partial charge in [0.05, 0.1) is 6.10 Å². The Kier molecular flexibility index (Phi) is 5.26. The van der Waals surface area contributed by atoms with Crippen LogP contribution >= 0.6 is 0 Å². The van der Waals surface area contributed by atoms with E-state index in [-0.39, 0.29) is 0 Å². The van der Waals surface area contributed by atoms with Crippen molar-refractivity contribution in [3.05, 3.63) is 29.8 Å². The number of rotatable bonds is 5. The fourth-order valence-corrected chi connectivity index (χ4v) is 2.73. The zero-order valence-electron chi connectivity index (χ0n) is 12.4. The van der Waals surface area contributed by atoms with Crippen LogP contribution in [0.4, 0.5) is 0 Å². The van der Waals surface area contributed by atoms with Crippen LogP contribution in [0.5, 0.6) is 5.75 Å². The predicted molar refractivity (Wildman–Crippen MR) is 78.8 cm³/mol.